The van der Waals surface area contributed by atoms with E-state index in [1.807, 2.05) is 30.8 Å². The molecule has 1 aromatic heterocycles. The van der Waals surface area contributed by atoms with Gasteiger partial charge in [-0.25, -0.2) is 4.68 Å². The average Bonchev–Trinajstić information content (AvgIpc) is 2.87. The number of likely N-dealkylation sites (tertiary alicyclic amines) is 1. The van der Waals surface area contributed by atoms with Crippen molar-refractivity contribution in [1.82, 2.24) is 14.7 Å². The zero-order valence-corrected chi connectivity index (χ0v) is 10.4. The summed E-state index contributed by atoms with van der Waals surface area (Å²) < 4.78 is 7.84. The molecule has 1 fully saturated rings. The van der Waals surface area contributed by atoms with E-state index in [0.717, 1.165) is 18.8 Å². The lowest BCUT2D eigenvalue weighted by Gasteiger charge is -2.27. The van der Waals surface area contributed by atoms with Crippen molar-refractivity contribution >= 4 is 0 Å². The van der Waals surface area contributed by atoms with Gasteiger partial charge in [-0.3, -0.25) is 4.90 Å². The molecule has 2 rings (SSSR count). The molecule has 2 unspecified atom stereocenters. The lowest BCUT2D eigenvalue weighted by atomic mass is 10.4. The van der Waals surface area contributed by atoms with Crippen LogP contribution >= 0.6 is 0 Å². The van der Waals surface area contributed by atoms with Crippen molar-refractivity contribution in [2.24, 2.45) is 0 Å². The van der Waals surface area contributed by atoms with Gasteiger partial charge >= 0.3 is 0 Å². The standard InChI is InChI=1S/C12H21N3O/c1-10-6-9-15(13-10)12(3)16-11(2)14-7-4-5-8-14/h6,9,11-12H,4-5,7-8H2,1-3H3. The first-order valence-electron chi connectivity index (χ1n) is 6.08. The monoisotopic (exact) mass is 223 g/mol. The molecule has 0 bridgehead atoms. The summed E-state index contributed by atoms with van der Waals surface area (Å²) in [7, 11) is 0. The summed E-state index contributed by atoms with van der Waals surface area (Å²) in [6.07, 6.45) is 4.74. The Morgan fingerprint density at radius 2 is 1.94 bits per heavy atom. The van der Waals surface area contributed by atoms with E-state index in [4.69, 9.17) is 4.74 Å². The Labute approximate surface area is 97.2 Å². The largest absolute Gasteiger partial charge is 0.339 e. The molecule has 2 heterocycles. The minimum absolute atomic E-state index is 0.00398. The molecule has 0 saturated carbocycles. The quantitative estimate of drug-likeness (QED) is 0.783. The van der Waals surface area contributed by atoms with Gasteiger partial charge in [0.2, 0.25) is 0 Å². The van der Waals surface area contributed by atoms with E-state index in [0.29, 0.717) is 0 Å². The van der Waals surface area contributed by atoms with E-state index in [1.54, 1.807) is 0 Å². The lowest BCUT2D eigenvalue weighted by Crippen LogP contribution is -2.34. The van der Waals surface area contributed by atoms with Crippen molar-refractivity contribution in [2.45, 2.75) is 46.1 Å². The van der Waals surface area contributed by atoms with Crippen molar-refractivity contribution in [3.05, 3.63) is 18.0 Å². The van der Waals surface area contributed by atoms with Crippen LogP contribution in [0.5, 0.6) is 0 Å². The zero-order chi connectivity index (χ0) is 11.5. The van der Waals surface area contributed by atoms with E-state index in [-0.39, 0.29) is 12.5 Å². The number of aryl methyl sites for hydroxylation is 1. The molecular weight excluding hydrogens is 202 g/mol. The minimum atomic E-state index is 0.00398. The molecule has 0 spiro atoms. The van der Waals surface area contributed by atoms with Gasteiger partial charge in [0, 0.05) is 19.3 Å². The van der Waals surface area contributed by atoms with Gasteiger partial charge in [-0.1, -0.05) is 0 Å². The molecule has 0 radical (unpaired) electrons. The van der Waals surface area contributed by atoms with E-state index in [9.17, 15) is 0 Å². The molecule has 4 heteroatoms. The summed E-state index contributed by atoms with van der Waals surface area (Å²) in [5.74, 6) is 0. The third-order valence-electron chi connectivity index (χ3n) is 3.16. The summed E-state index contributed by atoms with van der Waals surface area (Å²) >= 11 is 0. The summed E-state index contributed by atoms with van der Waals surface area (Å²) in [5, 5.41) is 4.36. The normalized spacial score (nSPS) is 21.2. The first-order chi connectivity index (χ1) is 7.66. The Hall–Kier alpha value is -0.870. The smallest absolute Gasteiger partial charge is 0.149 e. The molecule has 16 heavy (non-hydrogen) atoms. The highest BCUT2D eigenvalue weighted by atomic mass is 16.5. The highest BCUT2D eigenvalue weighted by Gasteiger charge is 2.20. The van der Waals surface area contributed by atoms with Crippen molar-refractivity contribution in [2.75, 3.05) is 13.1 Å². The van der Waals surface area contributed by atoms with Crippen molar-refractivity contribution < 1.29 is 4.74 Å². The summed E-state index contributed by atoms with van der Waals surface area (Å²) in [5.41, 5.74) is 1.03. The van der Waals surface area contributed by atoms with E-state index in [2.05, 4.69) is 16.9 Å². The molecular formula is C12H21N3O. The van der Waals surface area contributed by atoms with Crippen molar-refractivity contribution in [3.8, 4) is 0 Å². The molecule has 1 aromatic rings. The van der Waals surface area contributed by atoms with Crippen LogP contribution < -0.4 is 0 Å². The Bertz CT molecular complexity index is 331. The maximum atomic E-state index is 5.96. The van der Waals surface area contributed by atoms with Crippen LogP contribution in [0.25, 0.3) is 0 Å². The molecule has 2 atom stereocenters. The van der Waals surface area contributed by atoms with E-state index < -0.39 is 0 Å². The predicted octanol–water partition coefficient (Wildman–Crippen LogP) is 2.17. The number of rotatable bonds is 4. The van der Waals surface area contributed by atoms with E-state index >= 15 is 0 Å². The van der Waals surface area contributed by atoms with Gasteiger partial charge in [0.15, 0.2) is 0 Å². The van der Waals surface area contributed by atoms with Crippen LogP contribution in [0.3, 0.4) is 0 Å². The second-order valence-electron chi connectivity index (χ2n) is 4.51. The maximum Gasteiger partial charge on any atom is 0.149 e. The second kappa shape index (κ2) is 4.97. The first kappa shape index (κ1) is 11.6. The number of hydrogen-bond acceptors (Lipinski definition) is 3. The van der Waals surface area contributed by atoms with Gasteiger partial charge in [-0.05, 0) is 39.7 Å². The highest BCUT2D eigenvalue weighted by molar-refractivity contribution is 4.95. The summed E-state index contributed by atoms with van der Waals surface area (Å²) in [4.78, 5) is 2.38. The van der Waals surface area contributed by atoms with E-state index in [1.165, 1.54) is 12.8 Å². The van der Waals surface area contributed by atoms with Crippen LogP contribution in [-0.2, 0) is 4.74 Å². The molecule has 90 valence electrons. The van der Waals surface area contributed by atoms with Crippen LogP contribution in [0.2, 0.25) is 0 Å². The molecule has 0 aromatic carbocycles. The topological polar surface area (TPSA) is 30.3 Å². The van der Waals surface area contributed by atoms with Gasteiger partial charge in [-0.15, -0.1) is 0 Å². The summed E-state index contributed by atoms with van der Waals surface area (Å²) in [6, 6.07) is 2.00. The molecule has 0 aliphatic carbocycles. The number of aromatic nitrogens is 2. The molecule has 1 saturated heterocycles. The summed E-state index contributed by atoms with van der Waals surface area (Å²) in [6.45, 7) is 8.47. The van der Waals surface area contributed by atoms with Crippen LogP contribution in [0.1, 0.15) is 38.6 Å². The van der Waals surface area contributed by atoms with Gasteiger partial charge in [-0.2, -0.15) is 5.10 Å². The van der Waals surface area contributed by atoms with Crippen molar-refractivity contribution in [1.29, 1.82) is 0 Å². The van der Waals surface area contributed by atoms with Gasteiger partial charge < -0.3 is 4.74 Å². The SMILES string of the molecule is Cc1ccn(C(C)OC(C)N2CCCC2)n1. The molecule has 1 aliphatic heterocycles. The minimum Gasteiger partial charge on any atom is -0.339 e. The fraction of sp³-hybridized carbons (Fsp3) is 0.750. The number of nitrogens with zero attached hydrogens (tertiary/aromatic N) is 3. The van der Waals surface area contributed by atoms with Gasteiger partial charge in [0.05, 0.1) is 5.69 Å². The van der Waals surface area contributed by atoms with Crippen LogP contribution in [0.15, 0.2) is 12.3 Å². The number of hydrogen-bond donors (Lipinski definition) is 0. The first-order valence-corrected chi connectivity index (χ1v) is 6.08. The highest BCUT2D eigenvalue weighted by Crippen LogP contribution is 2.17. The molecule has 1 aliphatic rings. The zero-order valence-electron chi connectivity index (χ0n) is 10.4. The lowest BCUT2D eigenvalue weighted by molar-refractivity contribution is -0.108. The van der Waals surface area contributed by atoms with Crippen LogP contribution in [0, 0.1) is 6.92 Å². The predicted molar refractivity (Wildman–Crippen MR) is 63.0 cm³/mol. The fourth-order valence-electron chi connectivity index (χ4n) is 2.17. The molecule has 0 N–H and O–H groups in total. The Morgan fingerprint density at radius 1 is 1.25 bits per heavy atom. The van der Waals surface area contributed by atoms with Crippen LogP contribution in [-0.4, -0.2) is 34.0 Å². The molecule has 0 amide bonds. The van der Waals surface area contributed by atoms with Gasteiger partial charge in [0.25, 0.3) is 0 Å². The number of ether oxygens (including phenoxy) is 1. The fourth-order valence-corrected chi connectivity index (χ4v) is 2.17. The third kappa shape index (κ3) is 2.62. The Kier molecular flexibility index (Phi) is 3.61. The molecule has 4 nitrogen and oxygen atoms in total. The van der Waals surface area contributed by atoms with Crippen LogP contribution in [0.4, 0.5) is 0 Å². The maximum absolute atomic E-state index is 5.96. The van der Waals surface area contributed by atoms with Gasteiger partial charge in [0.1, 0.15) is 12.5 Å². The van der Waals surface area contributed by atoms with Crippen molar-refractivity contribution in [3.63, 3.8) is 0 Å². The third-order valence-corrected chi connectivity index (χ3v) is 3.16. The Morgan fingerprint density at radius 3 is 2.50 bits per heavy atom. The second-order valence-corrected chi connectivity index (χ2v) is 4.51. The Balaban J connectivity index is 1.88. The average molecular weight is 223 g/mol.